The molecule has 2 N–H and O–H groups in total. The van der Waals surface area contributed by atoms with Gasteiger partial charge in [0.25, 0.3) is 0 Å². The summed E-state index contributed by atoms with van der Waals surface area (Å²) in [6, 6.07) is 6.62. The van der Waals surface area contributed by atoms with E-state index >= 15 is 0 Å². The van der Waals surface area contributed by atoms with Gasteiger partial charge in [0.05, 0.1) is 6.61 Å². The van der Waals surface area contributed by atoms with E-state index in [0.717, 1.165) is 16.5 Å². The average molecular weight is 459 g/mol. The van der Waals surface area contributed by atoms with Crippen molar-refractivity contribution in [1.29, 1.82) is 0 Å². The Morgan fingerprint density at radius 2 is 1.73 bits per heavy atom. The summed E-state index contributed by atoms with van der Waals surface area (Å²) in [6.07, 6.45) is 1.48. The smallest absolute Gasteiger partial charge is 0.410 e. The van der Waals surface area contributed by atoms with Crippen LogP contribution in [0.25, 0.3) is 10.9 Å². The minimum Gasteiger partial charge on any atom is -0.464 e. The molecular formula is C24H34N4O5. The van der Waals surface area contributed by atoms with Gasteiger partial charge in [0, 0.05) is 49.2 Å². The van der Waals surface area contributed by atoms with Crippen molar-refractivity contribution in [2.24, 2.45) is 0 Å². The summed E-state index contributed by atoms with van der Waals surface area (Å²) >= 11 is 0. The monoisotopic (exact) mass is 458 g/mol. The summed E-state index contributed by atoms with van der Waals surface area (Å²) in [4.78, 5) is 44.5. The predicted molar refractivity (Wildman–Crippen MR) is 125 cm³/mol. The molecule has 0 unspecified atom stereocenters. The number of nitrogens with zero attached hydrogens (tertiary/aromatic N) is 2. The highest BCUT2D eigenvalue weighted by Crippen LogP contribution is 2.28. The summed E-state index contributed by atoms with van der Waals surface area (Å²) < 4.78 is 10.7. The maximum absolute atomic E-state index is 13.0. The molecule has 1 aliphatic rings. The van der Waals surface area contributed by atoms with Gasteiger partial charge >= 0.3 is 18.1 Å². The van der Waals surface area contributed by atoms with Gasteiger partial charge in [-0.3, -0.25) is 0 Å². The molecular weight excluding hydrogens is 424 g/mol. The number of nitrogens with one attached hydrogen (secondary N) is 2. The van der Waals surface area contributed by atoms with Crippen LogP contribution in [0.1, 0.15) is 46.1 Å². The van der Waals surface area contributed by atoms with Gasteiger partial charge < -0.3 is 29.6 Å². The molecule has 180 valence electrons. The fraction of sp³-hybridized carbons (Fsp3) is 0.542. The number of aromatic amines is 1. The Balaban J connectivity index is 1.68. The maximum atomic E-state index is 13.0. The molecule has 0 aliphatic carbocycles. The number of fused-ring (bicyclic) bond motifs is 1. The van der Waals surface area contributed by atoms with Crippen molar-refractivity contribution in [3.8, 4) is 0 Å². The lowest BCUT2D eigenvalue weighted by molar-refractivity contribution is -0.145. The summed E-state index contributed by atoms with van der Waals surface area (Å²) in [7, 11) is 0. The van der Waals surface area contributed by atoms with E-state index in [4.69, 9.17) is 9.47 Å². The van der Waals surface area contributed by atoms with Crippen molar-refractivity contribution in [3.05, 3.63) is 36.0 Å². The van der Waals surface area contributed by atoms with Crippen molar-refractivity contribution in [2.45, 2.75) is 52.2 Å². The predicted octanol–water partition coefficient (Wildman–Crippen LogP) is 3.47. The zero-order chi connectivity index (χ0) is 24.2. The van der Waals surface area contributed by atoms with Crippen molar-refractivity contribution < 1.29 is 23.9 Å². The Kier molecular flexibility index (Phi) is 7.50. The Bertz CT molecular complexity index is 988. The van der Waals surface area contributed by atoms with E-state index in [1.165, 1.54) is 0 Å². The third kappa shape index (κ3) is 5.97. The fourth-order valence-electron chi connectivity index (χ4n) is 3.91. The third-order valence-corrected chi connectivity index (χ3v) is 5.65. The Labute approximate surface area is 194 Å². The first-order chi connectivity index (χ1) is 15.6. The van der Waals surface area contributed by atoms with E-state index in [0.29, 0.717) is 26.2 Å². The Hall–Kier alpha value is -3.23. The summed E-state index contributed by atoms with van der Waals surface area (Å²) in [6.45, 7) is 10.7. The van der Waals surface area contributed by atoms with Crippen molar-refractivity contribution in [1.82, 2.24) is 20.1 Å². The minimum atomic E-state index is -0.847. The highest BCUT2D eigenvalue weighted by Gasteiger charge is 2.34. The summed E-state index contributed by atoms with van der Waals surface area (Å²) in [5, 5.41) is 3.87. The van der Waals surface area contributed by atoms with E-state index in [9.17, 15) is 14.4 Å². The van der Waals surface area contributed by atoms with Crippen LogP contribution in [0.3, 0.4) is 0 Å². The molecule has 1 fully saturated rings. The van der Waals surface area contributed by atoms with Gasteiger partial charge in [-0.25, -0.2) is 14.4 Å². The normalized spacial score (nSPS) is 16.3. The molecule has 0 radical (unpaired) electrons. The molecule has 1 saturated heterocycles. The number of H-pyrrole nitrogens is 1. The lowest BCUT2D eigenvalue weighted by Crippen LogP contribution is -2.56. The molecule has 33 heavy (non-hydrogen) atoms. The van der Waals surface area contributed by atoms with E-state index in [1.807, 2.05) is 58.2 Å². The highest BCUT2D eigenvalue weighted by molar-refractivity contribution is 5.88. The highest BCUT2D eigenvalue weighted by atomic mass is 16.6. The van der Waals surface area contributed by atoms with Gasteiger partial charge in [0.2, 0.25) is 0 Å². The zero-order valence-electron chi connectivity index (χ0n) is 20.0. The lowest BCUT2D eigenvalue weighted by atomic mass is 9.93. The van der Waals surface area contributed by atoms with Crippen LogP contribution in [0.15, 0.2) is 30.5 Å². The second-order valence-corrected chi connectivity index (χ2v) is 9.21. The Morgan fingerprint density at radius 3 is 2.36 bits per heavy atom. The van der Waals surface area contributed by atoms with Crippen LogP contribution >= 0.6 is 0 Å². The third-order valence-electron chi connectivity index (χ3n) is 5.65. The first kappa shape index (κ1) is 24.4. The minimum absolute atomic E-state index is 0.223. The van der Waals surface area contributed by atoms with E-state index < -0.39 is 17.6 Å². The van der Waals surface area contributed by atoms with Crippen molar-refractivity contribution >= 4 is 29.0 Å². The number of ether oxygens (including phenoxy) is 2. The van der Waals surface area contributed by atoms with Crippen LogP contribution in [-0.4, -0.2) is 77.3 Å². The molecule has 3 amide bonds. The number of amides is 3. The maximum Gasteiger partial charge on any atom is 0.410 e. The topological polar surface area (TPSA) is 104 Å². The van der Waals surface area contributed by atoms with E-state index in [-0.39, 0.29) is 24.6 Å². The SMILES string of the molecule is CCOC(=O)[C@H](NC(=O)N1CCN(C(=O)OC(C)(C)C)CC1)[C@@H](C)c1c[nH]c2ccccc12. The molecule has 0 saturated carbocycles. The molecule has 2 atom stereocenters. The number of benzene rings is 1. The van der Waals surface area contributed by atoms with Crippen LogP contribution in [-0.2, 0) is 14.3 Å². The first-order valence-corrected chi connectivity index (χ1v) is 11.4. The number of carbonyl (C=O) groups is 3. The number of hydrogen-bond acceptors (Lipinski definition) is 5. The second kappa shape index (κ2) is 10.1. The number of para-hydroxylation sites is 1. The number of esters is 1. The number of carbonyl (C=O) groups excluding carboxylic acids is 3. The lowest BCUT2D eigenvalue weighted by Gasteiger charge is -2.36. The number of piperazine rings is 1. The average Bonchev–Trinajstić information content (AvgIpc) is 3.20. The Morgan fingerprint density at radius 1 is 1.09 bits per heavy atom. The standard InChI is InChI=1S/C24H34N4O5/c1-6-32-21(29)20(16(2)18-15-25-19-10-8-7-9-17(18)19)26-22(30)27-11-13-28(14-12-27)23(31)33-24(3,4)5/h7-10,15-16,20,25H,6,11-14H2,1-5H3,(H,26,30)/t16-,20+/m0/s1. The first-order valence-electron chi connectivity index (χ1n) is 11.4. The number of urea groups is 1. The van der Waals surface area contributed by atoms with Gasteiger partial charge in [-0.05, 0) is 39.3 Å². The molecule has 2 heterocycles. The van der Waals surface area contributed by atoms with E-state index in [2.05, 4.69) is 10.3 Å². The summed E-state index contributed by atoms with van der Waals surface area (Å²) in [5.74, 6) is -0.789. The molecule has 0 bridgehead atoms. The van der Waals surface area contributed by atoms with Crippen molar-refractivity contribution in [2.75, 3.05) is 32.8 Å². The van der Waals surface area contributed by atoms with Gasteiger partial charge in [-0.2, -0.15) is 0 Å². The van der Waals surface area contributed by atoms with Crippen molar-refractivity contribution in [3.63, 3.8) is 0 Å². The molecule has 0 spiro atoms. The quantitative estimate of drug-likeness (QED) is 0.668. The molecule has 1 aromatic heterocycles. The number of rotatable bonds is 5. The van der Waals surface area contributed by atoms with Gasteiger partial charge in [0.15, 0.2) is 0 Å². The number of aromatic nitrogens is 1. The molecule has 2 aromatic rings. The molecule has 9 heteroatoms. The zero-order valence-corrected chi connectivity index (χ0v) is 20.0. The van der Waals surface area contributed by atoms with Crippen LogP contribution < -0.4 is 5.32 Å². The van der Waals surface area contributed by atoms with Crippen LogP contribution in [0.5, 0.6) is 0 Å². The molecule has 3 rings (SSSR count). The van der Waals surface area contributed by atoms with Gasteiger partial charge in [-0.1, -0.05) is 25.1 Å². The van der Waals surface area contributed by atoms with Gasteiger partial charge in [-0.15, -0.1) is 0 Å². The second-order valence-electron chi connectivity index (χ2n) is 9.21. The van der Waals surface area contributed by atoms with Crippen LogP contribution in [0.4, 0.5) is 9.59 Å². The molecule has 1 aromatic carbocycles. The summed E-state index contributed by atoms with van der Waals surface area (Å²) in [5.41, 5.74) is 1.32. The van der Waals surface area contributed by atoms with Crippen LogP contribution in [0, 0.1) is 0 Å². The number of hydrogen-bond donors (Lipinski definition) is 2. The van der Waals surface area contributed by atoms with E-state index in [1.54, 1.807) is 16.7 Å². The van der Waals surface area contributed by atoms with Crippen LogP contribution in [0.2, 0.25) is 0 Å². The largest absolute Gasteiger partial charge is 0.464 e. The fourth-order valence-corrected chi connectivity index (χ4v) is 3.91. The van der Waals surface area contributed by atoms with Gasteiger partial charge in [0.1, 0.15) is 11.6 Å². The molecule has 1 aliphatic heterocycles. The molecule has 9 nitrogen and oxygen atoms in total.